The van der Waals surface area contributed by atoms with Crippen LogP contribution in [-0.4, -0.2) is 24.0 Å². The maximum atomic E-state index is 13.3. The van der Waals surface area contributed by atoms with Gasteiger partial charge in [0.15, 0.2) is 0 Å². The van der Waals surface area contributed by atoms with Gasteiger partial charge in [0, 0.05) is 11.0 Å². The zero-order valence-corrected chi connectivity index (χ0v) is 18.8. The maximum absolute atomic E-state index is 13.3. The van der Waals surface area contributed by atoms with Gasteiger partial charge in [0.25, 0.3) is 0 Å². The highest BCUT2D eigenvalue weighted by Crippen LogP contribution is 2.33. The molecule has 0 spiro atoms. The molecule has 0 saturated heterocycles. The van der Waals surface area contributed by atoms with Crippen LogP contribution in [0.4, 0.5) is 0 Å². The molecule has 3 aromatic carbocycles. The number of benzene rings is 3. The summed E-state index contributed by atoms with van der Waals surface area (Å²) in [4.78, 5) is 24.6. The number of esters is 1. The maximum Gasteiger partial charge on any atom is 0.337 e. The fourth-order valence-electron chi connectivity index (χ4n) is 3.79. The van der Waals surface area contributed by atoms with Crippen molar-refractivity contribution < 1.29 is 14.5 Å². The van der Waals surface area contributed by atoms with E-state index in [1.165, 1.54) is 0 Å². The monoisotopic (exact) mass is 444 g/mol. The van der Waals surface area contributed by atoms with E-state index in [-0.39, 0.29) is 23.1 Å². The molecular weight excluding hydrogens is 416 g/mol. The summed E-state index contributed by atoms with van der Waals surface area (Å²) in [6.07, 6.45) is 0. The van der Waals surface area contributed by atoms with Crippen molar-refractivity contribution in [3.05, 3.63) is 123 Å². The molecule has 0 bridgehead atoms. The summed E-state index contributed by atoms with van der Waals surface area (Å²) < 4.78 is 5.42. The number of hydrogen-bond acceptors (Lipinski definition) is 5. The van der Waals surface area contributed by atoms with Gasteiger partial charge in [0.05, 0.1) is 23.8 Å². The lowest BCUT2D eigenvalue weighted by molar-refractivity contribution is -0.481. The molecule has 0 radical (unpaired) electrons. The Balaban J connectivity index is 2.23. The van der Waals surface area contributed by atoms with Gasteiger partial charge < -0.3 is 10.1 Å². The van der Waals surface area contributed by atoms with Gasteiger partial charge in [-0.2, -0.15) is 0 Å². The molecule has 3 aromatic rings. The molecule has 0 fully saturated rings. The van der Waals surface area contributed by atoms with Crippen LogP contribution in [0.1, 0.15) is 42.5 Å². The molecule has 0 unspecified atom stereocenters. The van der Waals surface area contributed by atoms with Crippen molar-refractivity contribution >= 4 is 11.7 Å². The summed E-state index contributed by atoms with van der Waals surface area (Å²) in [5, 5.41) is 15.1. The summed E-state index contributed by atoms with van der Waals surface area (Å²) >= 11 is 0. The van der Waals surface area contributed by atoms with Crippen LogP contribution in [0.2, 0.25) is 0 Å². The number of nitro groups is 1. The van der Waals surface area contributed by atoms with E-state index in [0.717, 1.165) is 11.1 Å². The fraction of sp³-hybridized carbons (Fsp3) is 0.222. The van der Waals surface area contributed by atoms with E-state index in [4.69, 9.17) is 4.74 Å². The van der Waals surface area contributed by atoms with Crippen molar-refractivity contribution in [3.8, 4) is 0 Å². The number of ether oxygens (including phenoxy) is 1. The van der Waals surface area contributed by atoms with Gasteiger partial charge >= 0.3 is 5.97 Å². The molecule has 1 N–H and O–H groups in total. The summed E-state index contributed by atoms with van der Waals surface area (Å²) in [6, 6.07) is 28.1. The number of hydrogen-bond donors (Lipinski definition) is 1. The molecule has 0 aromatic heterocycles. The zero-order chi connectivity index (χ0) is 23.6. The zero-order valence-electron chi connectivity index (χ0n) is 18.8. The van der Waals surface area contributed by atoms with E-state index in [1.54, 1.807) is 19.1 Å². The Bertz CT molecular complexity index is 1080. The van der Waals surface area contributed by atoms with E-state index < -0.39 is 18.4 Å². The minimum Gasteiger partial charge on any atom is -0.463 e. The fourth-order valence-corrected chi connectivity index (χ4v) is 3.79. The predicted octanol–water partition coefficient (Wildman–Crippen LogP) is 5.37. The number of carbonyl (C=O) groups is 1. The van der Waals surface area contributed by atoms with Crippen LogP contribution < -0.4 is 5.32 Å². The van der Waals surface area contributed by atoms with Gasteiger partial charge in [-0.25, -0.2) is 4.79 Å². The molecule has 2 atom stereocenters. The van der Waals surface area contributed by atoms with Crippen LogP contribution in [0.5, 0.6) is 0 Å². The Morgan fingerprint density at radius 2 is 1.42 bits per heavy atom. The first-order valence-electron chi connectivity index (χ1n) is 11.0. The van der Waals surface area contributed by atoms with Crippen molar-refractivity contribution in [2.75, 3.05) is 13.2 Å². The smallest absolute Gasteiger partial charge is 0.337 e. The second kappa shape index (κ2) is 11.6. The van der Waals surface area contributed by atoms with Crippen LogP contribution >= 0.6 is 0 Å². The van der Waals surface area contributed by atoms with Gasteiger partial charge in [-0.3, -0.25) is 10.1 Å². The quantitative estimate of drug-likeness (QED) is 0.197. The number of rotatable bonds is 10. The lowest BCUT2D eigenvalue weighted by Gasteiger charge is -2.25. The van der Waals surface area contributed by atoms with Crippen LogP contribution in [0.3, 0.4) is 0 Å². The van der Waals surface area contributed by atoms with Crippen LogP contribution in [0, 0.1) is 10.1 Å². The minimum atomic E-state index is -0.786. The van der Waals surface area contributed by atoms with E-state index in [2.05, 4.69) is 5.32 Å². The van der Waals surface area contributed by atoms with Crippen molar-refractivity contribution in [2.24, 2.45) is 0 Å². The number of nitrogens with zero attached hydrogens (tertiary/aromatic N) is 1. The molecule has 6 nitrogen and oxygen atoms in total. The van der Waals surface area contributed by atoms with E-state index in [9.17, 15) is 14.9 Å². The van der Waals surface area contributed by atoms with Crippen LogP contribution in [0.15, 0.2) is 96.6 Å². The van der Waals surface area contributed by atoms with Gasteiger partial charge in [0.1, 0.15) is 0 Å². The number of carbonyl (C=O) groups excluding carboxylic acids is 1. The first-order valence-corrected chi connectivity index (χ1v) is 11.0. The molecule has 0 saturated carbocycles. The highest BCUT2D eigenvalue weighted by molar-refractivity contribution is 5.99. The Morgan fingerprint density at radius 1 is 0.909 bits per heavy atom. The topological polar surface area (TPSA) is 81.5 Å². The van der Waals surface area contributed by atoms with Crippen molar-refractivity contribution in [3.63, 3.8) is 0 Å². The molecule has 33 heavy (non-hydrogen) atoms. The third kappa shape index (κ3) is 6.29. The minimum absolute atomic E-state index is 0.155. The Labute approximate surface area is 194 Å². The molecule has 0 aliphatic rings. The average molecular weight is 445 g/mol. The first kappa shape index (κ1) is 23.7. The molecule has 0 heterocycles. The third-order valence-corrected chi connectivity index (χ3v) is 5.37. The molecule has 170 valence electrons. The molecule has 6 heteroatoms. The van der Waals surface area contributed by atoms with E-state index >= 15 is 0 Å². The van der Waals surface area contributed by atoms with E-state index in [1.807, 2.05) is 85.8 Å². The summed E-state index contributed by atoms with van der Waals surface area (Å²) in [5.74, 6) is -1.36. The van der Waals surface area contributed by atoms with Gasteiger partial charge in [0.2, 0.25) is 6.54 Å². The lowest BCUT2D eigenvalue weighted by Crippen LogP contribution is -2.28. The molecular formula is C27H28N2O4. The highest BCUT2D eigenvalue weighted by Gasteiger charge is 2.32. The average Bonchev–Trinajstić information content (AvgIpc) is 2.84. The molecule has 0 aliphatic heterocycles. The van der Waals surface area contributed by atoms with Crippen molar-refractivity contribution in [1.82, 2.24) is 5.32 Å². The van der Waals surface area contributed by atoms with E-state index in [0.29, 0.717) is 11.3 Å². The standard InChI is InChI=1S/C27H28N2O4/c1-3-33-27(30)25(24(19-29(31)32)22-15-9-5-10-16-22)26(23-17-11-6-12-18-23)28-20(2)21-13-7-4-8-14-21/h4-18,20,24,28H,3,19H2,1-2H3/b26-25-/t20-,24+/m1/s1. The lowest BCUT2D eigenvalue weighted by atomic mass is 9.87. The summed E-state index contributed by atoms with van der Waals surface area (Å²) in [7, 11) is 0. The van der Waals surface area contributed by atoms with Crippen LogP contribution in [-0.2, 0) is 9.53 Å². The second-order valence-corrected chi connectivity index (χ2v) is 7.63. The second-order valence-electron chi connectivity index (χ2n) is 7.63. The first-order chi connectivity index (χ1) is 16.0. The summed E-state index contributed by atoms with van der Waals surface area (Å²) in [6.45, 7) is 3.45. The molecule has 0 amide bonds. The predicted molar refractivity (Wildman–Crippen MR) is 129 cm³/mol. The van der Waals surface area contributed by atoms with Gasteiger partial charge in [-0.1, -0.05) is 91.0 Å². The Hall–Kier alpha value is -3.93. The normalized spacial score (nSPS) is 13.4. The largest absolute Gasteiger partial charge is 0.463 e. The number of nitrogens with one attached hydrogen (secondary N) is 1. The summed E-state index contributed by atoms with van der Waals surface area (Å²) in [5.41, 5.74) is 3.24. The van der Waals surface area contributed by atoms with Crippen LogP contribution in [0.25, 0.3) is 5.70 Å². The molecule has 3 rings (SSSR count). The van der Waals surface area contributed by atoms with Gasteiger partial charge in [-0.05, 0) is 30.5 Å². The molecule has 0 aliphatic carbocycles. The Kier molecular flexibility index (Phi) is 8.36. The third-order valence-electron chi connectivity index (χ3n) is 5.37. The van der Waals surface area contributed by atoms with Crippen molar-refractivity contribution in [2.45, 2.75) is 25.8 Å². The SMILES string of the molecule is CCOC(=O)/C(=C(\N[C@H](C)c1ccccc1)c1ccccc1)[C@@H](C[N+](=O)[O-])c1ccccc1. The van der Waals surface area contributed by atoms with Crippen molar-refractivity contribution in [1.29, 1.82) is 0 Å². The highest BCUT2D eigenvalue weighted by atomic mass is 16.6. The Morgan fingerprint density at radius 3 is 1.94 bits per heavy atom. The van der Waals surface area contributed by atoms with Gasteiger partial charge in [-0.15, -0.1) is 0 Å².